The van der Waals surface area contributed by atoms with Gasteiger partial charge in [-0.3, -0.25) is 4.98 Å². The van der Waals surface area contributed by atoms with E-state index in [9.17, 15) is 0 Å². The normalized spacial score (nSPS) is 16.3. The minimum atomic E-state index is 0.209. The van der Waals surface area contributed by atoms with E-state index in [1.165, 1.54) is 22.2 Å². The molecule has 1 aromatic carbocycles. The molecule has 0 spiro atoms. The minimum Gasteiger partial charge on any atom is -0.335 e. The summed E-state index contributed by atoms with van der Waals surface area (Å²) in [5.74, 6) is 0. The first-order chi connectivity index (χ1) is 11.5. The summed E-state index contributed by atoms with van der Waals surface area (Å²) in [6.45, 7) is 6.36. The second-order valence-electron chi connectivity index (χ2n) is 6.82. The Bertz CT molecular complexity index is 913. The van der Waals surface area contributed by atoms with E-state index in [0.29, 0.717) is 0 Å². The number of aryl methyl sites for hydroxylation is 1. The van der Waals surface area contributed by atoms with Crippen LogP contribution in [0.4, 0.5) is 0 Å². The van der Waals surface area contributed by atoms with Crippen LogP contribution in [0.15, 0.2) is 36.4 Å². The molecular weight excluding hydrogens is 318 g/mol. The molecule has 1 unspecified atom stereocenters. The maximum absolute atomic E-state index is 6.29. The van der Waals surface area contributed by atoms with Crippen molar-refractivity contribution in [2.75, 3.05) is 13.6 Å². The summed E-state index contributed by atoms with van der Waals surface area (Å²) in [6, 6.07) is 12.7. The molecule has 0 amide bonds. The van der Waals surface area contributed by atoms with E-state index in [0.717, 1.165) is 35.9 Å². The molecule has 0 saturated heterocycles. The number of rotatable bonds is 2. The minimum absolute atomic E-state index is 0.209. The first-order valence-electron chi connectivity index (χ1n) is 8.48. The molecule has 3 nitrogen and oxygen atoms in total. The number of fused-ring (bicyclic) bond motifs is 3. The number of nitrogens with zero attached hydrogens (tertiary/aromatic N) is 3. The van der Waals surface area contributed by atoms with E-state index in [1.807, 2.05) is 19.1 Å². The third-order valence-electron chi connectivity index (χ3n) is 5.07. The second kappa shape index (κ2) is 5.91. The van der Waals surface area contributed by atoms with Crippen molar-refractivity contribution in [3.63, 3.8) is 0 Å². The van der Waals surface area contributed by atoms with E-state index in [2.05, 4.69) is 47.7 Å². The number of pyridine rings is 1. The maximum atomic E-state index is 6.29. The Balaban J connectivity index is 1.95. The van der Waals surface area contributed by atoms with Crippen LogP contribution < -0.4 is 0 Å². The van der Waals surface area contributed by atoms with Gasteiger partial charge in [0, 0.05) is 46.8 Å². The molecule has 0 saturated carbocycles. The van der Waals surface area contributed by atoms with Crippen LogP contribution in [0.5, 0.6) is 0 Å². The molecule has 4 rings (SSSR count). The number of hydrogen-bond acceptors (Lipinski definition) is 2. The van der Waals surface area contributed by atoms with Gasteiger partial charge in [-0.2, -0.15) is 0 Å². The van der Waals surface area contributed by atoms with Crippen molar-refractivity contribution >= 4 is 22.5 Å². The van der Waals surface area contributed by atoms with Crippen LogP contribution in [0.1, 0.15) is 35.6 Å². The molecule has 0 N–H and O–H groups in total. The molecule has 0 aliphatic carbocycles. The van der Waals surface area contributed by atoms with Crippen molar-refractivity contribution in [3.05, 3.63) is 64.1 Å². The highest BCUT2D eigenvalue weighted by Crippen LogP contribution is 2.36. The lowest BCUT2D eigenvalue weighted by Gasteiger charge is -2.26. The Kier molecular flexibility index (Phi) is 3.86. The fourth-order valence-electron chi connectivity index (χ4n) is 3.87. The molecule has 1 atom stereocenters. The average Bonchev–Trinajstić information content (AvgIpc) is 2.87. The summed E-state index contributed by atoms with van der Waals surface area (Å²) < 4.78 is 2.47. The fourth-order valence-corrected chi connectivity index (χ4v) is 4.04. The summed E-state index contributed by atoms with van der Waals surface area (Å²) >= 11 is 6.29. The van der Waals surface area contributed by atoms with Gasteiger partial charge in [0.05, 0.1) is 11.7 Å². The van der Waals surface area contributed by atoms with Crippen LogP contribution in [0, 0.1) is 6.92 Å². The highest BCUT2D eigenvalue weighted by Gasteiger charge is 2.25. The Morgan fingerprint density at radius 2 is 2.04 bits per heavy atom. The van der Waals surface area contributed by atoms with Crippen LogP contribution >= 0.6 is 11.6 Å². The van der Waals surface area contributed by atoms with E-state index in [1.54, 1.807) is 0 Å². The third kappa shape index (κ3) is 2.52. The summed E-state index contributed by atoms with van der Waals surface area (Å²) in [7, 11) is 2.18. The van der Waals surface area contributed by atoms with Crippen molar-refractivity contribution in [2.45, 2.75) is 32.9 Å². The van der Waals surface area contributed by atoms with Gasteiger partial charge < -0.3 is 9.47 Å². The average molecular weight is 340 g/mol. The Hall–Kier alpha value is -1.84. The molecule has 124 valence electrons. The van der Waals surface area contributed by atoms with Crippen molar-refractivity contribution in [1.29, 1.82) is 0 Å². The van der Waals surface area contributed by atoms with Crippen molar-refractivity contribution in [1.82, 2.24) is 14.5 Å². The van der Waals surface area contributed by atoms with Gasteiger partial charge in [0.15, 0.2) is 0 Å². The molecule has 24 heavy (non-hydrogen) atoms. The van der Waals surface area contributed by atoms with Crippen LogP contribution in [0.2, 0.25) is 5.02 Å². The molecule has 0 radical (unpaired) electrons. The van der Waals surface area contributed by atoms with Gasteiger partial charge in [-0.25, -0.2) is 0 Å². The van der Waals surface area contributed by atoms with E-state index in [-0.39, 0.29) is 6.04 Å². The number of likely N-dealkylation sites (N-methyl/N-ethyl adjacent to an activating group) is 1. The second-order valence-corrected chi connectivity index (χ2v) is 7.26. The van der Waals surface area contributed by atoms with Crippen LogP contribution in [-0.4, -0.2) is 28.0 Å². The van der Waals surface area contributed by atoms with Crippen molar-refractivity contribution < 1.29 is 0 Å². The molecular formula is C20H22ClN3. The topological polar surface area (TPSA) is 21.1 Å². The van der Waals surface area contributed by atoms with Crippen molar-refractivity contribution in [2.24, 2.45) is 0 Å². The monoisotopic (exact) mass is 339 g/mol. The zero-order valence-electron chi connectivity index (χ0n) is 14.4. The summed E-state index contributed by atoms with van der Waals surface area (Å²) in [6.07, 6.45) is 1.06. The van der Waals surface area contributed by atoms with Crippen molar-refractivity contribution in [3.8, 4) is 0 Å². The van der Waals surface area contributed by atoms with Crippen LogP contribution in [0.25, 0.3) is 10.9 Å². The van der Waals surface area contributed by atoms with Gasteiger partial charge in [-0.15, -0.1) is 0 Å². The van der Waals surface area contributed by atoms with Gasteiger partial charge >= 0.3 is 0 Å². The summed E-state index contributed by atoms with van der Waals surface area (Å²) in [5, 5.41) is 2.08. The van der Waals surface area contributed by atoms with Gasteiger partial charge in [-0.05, 0) is 56.8 Å². The molecule has 4 heteroatoms. The van der Waals surface area contributed by atoms with E-state index in [4.69, 9.17) is 16.6 Å². The number of benzene rings is 1. The SMILES string of the molecule is Cc1cccc(C(C)n2c3c(c4cc(Cl)ccc42)CN(C)CC3)n1. The van der Waals surface area contributed by atoms with Gasteiger partial charge in [0.2, 0.25) is 0 Å². The highest BCUT2D eigenvalue weighted by atomic mass is 35.5. The standard InChI is InChI=1S/C20H22ClN3/c1-13-5-4-6-18(22-13)14(2)24-19-8-7-15(21)11-16(19)17-12-23(3)10-9-20(17)24/h4-8,11,14H,9-10,12H2,1-3H3. The predicted octanol–water partition coefficient (Wildman–Crippen LogP) is 4.60. The molecule has 0 bridgehead atoms. The largest absolute Gasteiger partial charge is 0.335 e. The van der Waals surface area contributed by atoms with Crippen LogP contribution in [0.3, 0.4) is 0 Å². The predicted molar refractivity (Wildman–Crippen MR) is 99.8 cm³/mol. The van der Waals surface area contributed by atoms with Gasteiger partial charge in [0.1, 0.15) is 0 Å². The number of hydrogen-bond donors (Lipinski definition) is 0. The number of aromatic nitrogens is 2. The molecule has 3 heterocycles. The molecule has 3 aromatic rings. The Morgan fingerprint density at radius 1 is 1.21 bits per heavy atom. The lowest BCUT2D eigenvalue weighted by atomic mass is 10.0. The maximum Gasteiger partial charge on any atom is 0.0732 e. The van der Waals surface area contributed by atoms with E-state index >= 15 is 0 Å². The van der Waals surface area contributed by atoms with Crippen LogP contribution in [-0.2, 0) is 13.0 Å². The lowest BCUT2D eigenvalue weighted by Crippen LogP contribution is -2.28. The first kappa shape index (κ1) is 15.7. The molecule has 1 aliphatic rings. The third-order valence-corrected chi connectivity index (χ3v) is 5.30. The molecule has 2 aromatic heterocycles. The number of halogens is 1. The Labute approximate surface area is 147 Å². The van der Waals surface area contributed by atoms with Gasteiger partial charge in [0.25, 0.3) is 0 Å². The molecule has 0 fully saturated rings. The van der Waals surface area contributed by atoms with E-state index < -0.39 is 0 Å². The highest BCUT2D eigenvalue weighted by molar-refractivity contribution is 6.31. The Morgan fingerprint density at radius 3 is 2.83 bits per heavy atom. The smallest absolute Gasteiger partial charge is 0.0732 e. The quantitative estimate of drug-likeness (QED) is 0.680. The lowest BCUT2D eigenvalue weighted by molar-refractivity contribution is 0.308. The zero-order chi connectivity index (χ0) is 16.8. The molecule has 1 aliphatic heterocycles. The fraction of sp³-hybridized carbons (Fsp3) is 0.350. The first-order valence-corrected chi connectivity index (χ1v) is 8.85. The zero-order valence-corrected chi connectivity index (χ0v) is 15.1. The summed E-state index contributed by atoms with van der Waals surface area (Å²) in [5.41, 5.74) is 6.29. The summed E-state index contributed by atoms with van der Waals surface area (Å²) in [4.78, 5) is 7.14. The van der Waals surface area contributed by atoms with Gasteiger partial charge in [-0.1, -0.05) is 17.7 Å².